The molecule has 144 valence electrons. The van der Waals surface area contributed by atoms with Crippen LogP contribution in [0.3, 0.4) is 0 Å². The molecule has 1 fully saturated rings. The number of ether oxygens (including phenoxy) is 1. The molecule has 3 aromatic rings. The van der Waals surface area contributed by atoms with Crippen molar-refractivity contribution < 1.29 is 9.53 Å². The van der Waals surface area contributed by atoms with Gasteiger partial charge in [0.2, 0.25) is 0 Å². The quantitative estimate of drug-likeness (QED) is 0.755. The van der Waals surface area contributed by atoms with Gasteiger partial charge in [-0.3, -0.25) is 4.79 Å². The maximum atomic E-state index is 13.4. The normalized spacial score (nSPS) is 19.2. The number of hydrogen-bond donors (Lipinski definition) is 1. The van der Waals surface area contributed by atoms with Gasteiger partial charge in [-0.25, -0.2) is 4.98 Å². The highest BCUT2D eigenvalue weighted by atomic mass is 16.5. The monoisotopic (exact) mass is 375 g/mol. The van der Waals surface area contributed by atoms with Crippen LogP contribution in [-0.2, 0) is 0 Å². The molecule has 2 heterocycles. The molecule has 1 amide bonds. The Kier molecular flexibility index (Phi) is 4.77. The lowest BCUT2D eigenvalue weighted by atomic mass is 9.90. The van der Waals surface area contributed by atoms with Gasteiger partial charge in [0.1, 0.15) is 5.75 Å². The maximum Gasteiger partial charge on any atom is 0.254 e. The molecule has 0 aliphatic carbocycles. The van der Waals surface area contributed by atoms with E-state index in [0.717, 1.165) is 40.9 Å². The van der Waals surface area contributed by atoms with Gasteiger partial charge in [0.05, 0.1) is 23.9 Å². The zero-order chi connectivity index (χ0) is 19.7. The first-order valence-electron chi connectivity index (χ1n) is 9.56. The fourth-order valence-corrected chi connectivity index (χ4v) is 3.80. The average Bonchev–Trinajstić information content (AvgIpc) is 3.15. The van der Waals surface area contributed by atoms with E-state index in [4.69, 9.17) is 15.5 Å². The van der Waals surface area contributed by atoms with E-state index in [-0.39, 0.29) is 11.3 Å². The van der Waals surface area contributed by atoms with Gasteiger partial charge in [0.25, 0.3) is 5.91 Å². The number of methoxy groups -OCH3 is 1. The predicted molar refractivity (Wildman–Crippen MR) is 111 cm³/mol. The number of hydrogen-bond acceptors (Lipinski definition) is 4. The van der Waals surface area contributed by atoms with Crippen LogP contribution in [0.4, 0.5) is 0 Å². The van der Waals surface area contributed by atoms with Crippen molar-refractivity contribution in [3.63, 3.8) is 0 Å². The van der Waals surface area contributed by atoms with Gasteiger partial charge < -0.3 is 15.4 Å². The third-order valence-electron chi connectivity index (χ3n) is 5.67. The van der Waals surface area contributed by atoms with Gasteiger partial charge >= 0.3 is 0 Å². The van der Waals surface area contributed by atoms with Crippen molar-refractivity contribution in [3.8, 4) is 17.0 Å². The Morgan fingerprint density at radius 3 is 2.64 bits per heavy atom. The smallest absolute Gasteiger partial charge is 0.254 e. The number of aromatic nitrogens is 1. The molecule has 1 aromatic heterocycles. The topological polar surface area (TPSA) is 68.5 Å². The zero-order valence-electron chi connectivity index (χ0n) is 16.3. The largest absolute Gasteiger partial charge is 0.497 e. The summed E-state index contributed by atoms with van der Waals surface area (Å²) in [6.07, 6.45) is 0.934. The summed E-state index contributed by atoms with van der Waals surface area (Å²) >= 11 is 0. The van der Waals surface area contributed by atoms with E-state index in [0.29, 0.717) is 18.7 Å². The van der Waals surface area contributed by atoms with Crippen molar-refractivity contribution in [2.24, 2.45) is 11.1 Å². The summed E-state index contributed by atoms with van der Waals surface area (Å²) < 4.78 is 5.24. The highest BCUT2D eigenvalue weighted by Gasteiger charge is 2.35. The lowest BCUT2D eigenvalue weighted by Crippen LogP contribution is -2.34. The molecule has 1 atom stereocenters. The second-order valence-corrected chi connectivity index (χ2v) is 7.79. The molecule has 5 nitrogen and oxygen atoms in total. The summed E-state index contributed by atoms with van der Waals surface area (Å²) in [6.45, 7) is 4.16. The molecule has 4 rings (SSSR count). The minimum atomic E-state index is -0.00267. The van der Waals surface area contributed by atoms with Crippen LogP contribution in [0, 0.1) is 5.41 Å². The van der Waals surface area contributed by atoms with Crippen LogP contribution in [0.5, 0.6) is 5.75 Å². The number of benzene rings is 2. The lowest BCUT2D eigenvalue weighted by Gasteiger charge is -2.23. The number of fused-ring (bicyclic) bond motifs is 1. The maximum absolute atomic E-state index is 13.4. The summed E-state index contributed by atoms with van der Waals surface area (Å²) in [5.74, 6) is 0.838. The van der Waals surface area contributed by atoms with Crippen molar-refractivity contribution in [1.82, 2.24) is 9.88 Å². The predicted octanol–water partition coefficient (Wildman–Crippen LogP) is 3.72. The Morgan fingerprint density at radius 1 is 1.21 bits per heavy atom. The van der Waals surface area contributed by atoms with Crippen LogP contribution < -0.4 is 10.5 Å². The first kappa shape index (κ1) is 18.4. The fraction of sp³-hybridized carbons (Fsp3) is 0.304. The van der Waals surface area contributed by atoms with Crippen LogP contribution in [0.1, 0.15) is 23.7 Å². The van der Waals surface area contributed by atoms with Crippen molar-refractivity contribution in [2.45, 2.75) is 13.3 Å². The average molecular weight is 375 g/mol. The van der Waals surface area contributed by atoms with E-state index in [1.54, 1.807) is 7.11 Å². The number of nitrogens with zero attached hydrogens (tertiary/aromatic N) is 2. The van der Waals surface area contributed by atoms with Gasteiger partial charge in [-0.2, -0.15) is 0 Å². The number of likely N-dealkylation sites (tertiary alicyclic amines) is 1. The Balaban J connectivity index is 1.77. The van der Waals surface area contributed by atoms with Crippen molar-refractivity contribution in [1.29, 1.82) is 0 Å². The molecular weight excluding hydrogens is 350 g/mol. The van der Waals surface area contributed by atoms with Gasteiger partial charge in [-0.05, 0) is 54.8 Å². The van der Waals surface area contributed by atoms with Crippen LogP contribution in [0.15, 0.2) is 54.6 Å². The lowest BCUT2D eigenvalue weighted by molar-refractivity contribution is 0.0779. The molecule has 0 spiro atoms. The van der Waals surface area contributed by atoms with Crippen molar-refractivity contribution in [3.05, 3.63) is 60.2 Å². The van der Waals surface area contributed by atoms with Gasteiger partial charge in [-0.1, -0.05) is 25.1 Å². The SMILES string of the molecule is COc1ccc(-c2cc(C(=O)N3CCC(C)(CN)C3)c3ccccc3n2)cc1. The number of rotatable bonds is 4. The Labute approximate surface area is 165 Å². The van der Waals surface area contributed by atoms with E-state index >= 15 is 0 Å². The van der Waals surface area contributed by atoms with Crippen LogP contribution in [-0.4, -0.2) is 42.5 Å². The van der Waals surface area contributed by atoms with E-state index in [1.807, 2.05) is 59.5 Å². The molecule has 2 aromatic carbocycles. The molecule has 1 unspecified atom stereocenters. The molecule has 0 bridgehead atoms. The van der Waals surface area contributed by atoms with Crippen molar-refractivity contribution in [2.75, 3.05) is 26.7 Å². The summed E-state index contributed by atoms with van der Waals surface area (Å²) in [5.41, 5.74) is 9.17. The van der Waals surface area contributed by atoms with Crippen LogP contribution >= 0.6 is 0 Å². The summed E-state index contributed by atoms with van der Waals surface area (Å²) in [5, 5.41) is 0.881. The van der Waals surface area contributed by atoms with Gasteiger partial charge in [-0.15, -0.1) is 0 Å². The Bertz CT molecular complexity index is 1020. The van der Waals surface area contributed by atoms with Crippen molar-refractivity contribution >= 4 is 16.8 Å². The second kappa shape index (κ2) is 7.24. The van der Waals surface area contributed by atoms with E-state index in [1.165, 1.54) is 0 Å². The highest BCUT2D eigenvalue weighted by molar-refractivity contribution is 6.07. The number of carbonyl (C=O) groups excluding carboxylic acids is 1. The third-order valence-corrected chi connectivity index (χ3v) is 5.67. The molecule has 2 N–H and O–H groups in total. The molecule has 0 saturated carbocycles. The van der Waals surface area contributed by atoms with Gasteiger partial charge in [0, 0.05) is 24.0 Å². The standard InChI is InChI=1S/C23H25N3O2/c1-23(14-24)11-12-26(15-23)22(27)19-13-21(16-7-9-17(28-2)10-8-16)25-20-6-4-3-5-18(19)20/h3-10,13H,11-12,14-15,24H2,1-2H3. The first-order chi connectivity index (χ1) is 13.5. The Hall–Kier alpha value is -2.92. The summed E-state index contributed by atoms with van der Waals surface area (Å²) in [4.78, 5) is 20.1. The molecular formula is C23H25N3O2. The van der Waals surface area contributed by atoms with Crippen LogP contribution in [0.25, 0.3) is 22.2 Å². The highest BCUT2D eigenvalue weighted by Crippen LogP contribution is 2.32. The number of nitrogens with two attached hydrogens (primary N) is 1. The molecule has 1 aliphatic heterocycles. The number of para-hydroxylation sites is 1. The molecule has 0 radical (unpaired) electrons. The summed E-state index contributed by atoms with van der Waals surface area (Å²) in [6, 6.07) is 17.5. The number of pyridine rings is 1. The molecule has 28 heavy (non-hydrogen) atoms. The zero-order valence-corrected chi connectivity index (χ0v) is 16.3. The fourth-order valence-electron chi connectivity index (χ4n) is 3.80. The van der Waals surface area contributed by atoms with E-state index < -0.39 is 0 Å². The second-order valence-electron chi connectivity index (χ2n) is 7.79. The minimum Gasteiger partial charge on any atom is -0.497 e. The third kappa shape index (κ3) is 3.34. The number of amides is 1. The first-order valence-corrected chi connectivity index (χ1v) is 9.56. The minimum absolute atomic E-state index is 0.00267. The van der Waals surface area contributed by atoms with E-state index in [2.05, 4.69) is 6.92 Å². The molecule has 1 saturated heterocycles. The van der Waals surface area contributed by atoms with Crippen LogP contribution in [0.2, 0.25) is 0 Å². The number of carbonyl (C=O) groups is 1. The van der Waals surface area contributed by atoms with E-state index in [9.17, 15) is 4.79 Å². The molecule has 1 aliphatic rings. The summed E-state index contributed by atoms with van der Waals surface area (Å²) in [7, 11) is 1.64. The van der Waals surface area contributed by atoms with Gasteiger partial charge in [0.15, 0.2) is 0 Å². The molecule has 5 heteroatoms. The Morgan fingerprint density at radius 2 is 1.96 bits per heavy atom.